The van der Waals surface area contributed by atoms with Gasteiger partial charge in [0.2, 0.25) is 0 Å². The summed E-state index contributed by atoms with van der Waals surface area (Å²) < 4.78 is 39.1. The molecule has 2 aromatic carbocycles. The highest BCUT2D eigenvalue weighted by atomic mass is 19.2. The number of benzene rings is 2. The number of nitrogens with two attached hydrogens (primary N) is 1. The molecule has 20 heavy (non-hydrogen) atoms. The van der Waals surface area contributed by atoms with Crippen molar-refractivity contribution in [1.82, 2.24) is 0 Å². The molecular formula is C13H9F3N2O2. The van der Waals surface area contributed by atoms with Gasteiger partial charge in [-0.25, -0.2) is 13.2 Å². The number of rotatable bonds is 2. The van der Waals surface area contributed by atoms with Gasteiger partial charge in [-0.1, -0.05) is 0 Å². The number of hydrogen-bond acceptors (Lipinski definition) is 3. The van der Waals surface area contributed by atoms with Crippen LogP contribution in [-0.2, 0) is 0 Å². The first-order chi connectivity index (χ1) is 9.38. The normalized spacial score (nSPS) is 10.3. The molecule has 0 saturated carbocycles. The van der Waals surface area contributed by atoms with E-state index in [2.05, 4.69) is 5.32 Å². The van der Waals surface area contributed by atoms with Crippen LogP contribution >= 0.6 is 0 Å². The second-order valence-electron chi connectivity index (χ2n) is 3.97. The predicted octanol–water partition coefficient (Wildman–Crippen LogP) is 2.64. The number of halogens is 3. The summed E-state index contributed by atoms with van der Waals surface area (Å²) in [6.07, 6.45) is 0. The number of phenolic OH excluding ortho intramolecular Hbond substituents is 1. The van der Waals surface area contributed by atoms with Gasteiger partial charge in [0.15, 0.2) is 11.6 Å². The maximum Gasteiger partial charge on any atom is 0.255 e. The van der Waals surface area contributed by atoms with E-state index in [-0.39, 0.29) is 17.0 Å². The van der Waals surface area contributed by atoms with Crippen molar-refractivity contribution in [2.45, 2.75) is 0 Å². The topological polar surface area (TPSA) is 75.4 Å². The summed E-state index contributed by atoms with van der Waals surface area (Å²) in [5.74, 6) is -4.88. The molecule has 0 saturated heterocycles. The lowest BCUT2D eigenvalue weighted by Gasteiger charge is -2.08. The van der Waals surface area contributed by atoms with Crippen molar-refractivity contribution in [1.29, 1.82) is 0 Å². The van der Waals surface area contributed by atoms with Crippen molar-refractivity contribution in [2.24, 2.45) is 0 Å². The Labute approximate surface area is 111 Å². The molecule has 0 aliphatic carbocycles. The average Bonchev–Trinajstić information content (AvgIpc) is 2.39. The lowest BCUT2D eigenvalue weighted by Crippen LogP contribution is -2.13. The number of carbonyl (C=O) groups excluding carboxylic acids is 1. The monoisotopic (exact) mass is 282 g/mol. The van der Waals surface area contributed by atoms with Crippen LogP contribution in [0.4, 0.5) is 24.5 Å². The summed E-state index contributed by atoms with van der Waals surface area (Å²) in [7, 11) is 0. The molecule has 2 aromatic rings. The summed E-state index contributed by atoms with van der Waals surface area (Å²) in [5.41, 5.74) is 4.92. The van der Waals surface area contributed by atoms with Gasteiger partial charge in [-0.05, 0) is 18.2 Å². The second kappa shape index (κ2) is 5.12. The van der Waals surface area contributed by atoms with Crippen LogP contribution in [0.15, 0.2) is 30.3 Å². The number of aromatic hydroxyl groups is 1. The van der Waals surface area contributed by atoms with E-state index in [1.807, 2.05) is 0 Å². The summed E-state index contributed by atoms with van der Waals surface area (Å²) in [6, 6.07) is 4.50. The fraction of sp³-hybridized carbons (Fsp3) is 0. The third kappa shape index (κ3) is 2.66. The number of amides is 1. The molecule has 0 aliphatic rings. The maximum atomic E-state index is 13.4. The highest BCUT2D eigenvalue weighted by Gasteiger charge is 2.14. The Morgan fingerprint density at radius 1 is 1.05 bits per heavy atom. The van der Waals surface area contributed by atoms with Crippen LogP contribution in [0.25, 0.3) is 0 Å². The summed E-state index contributed by atoms with van der Waals surface area (Å²) in [6.45, 7) is 0. The molecule has 104 valence electrons. The minimum Gasteiger partial charge on any atom is -0.506 e. The van der Waals surface area contributed by atoms with E-state index in [4.69, 9.17) is 5.73 Å². The number of phenols is 1. The van der Waals surface area contributed by atoms with Gasteiger partial charge in [0.05, 0.1) is 11.4 Å². The van der Waals surface area contributed by atoms with Crippen LogP contribution in [0.2, 0.25) is 0 Å². The first-order valence-corrected chi connectivity index (χ1v) is 5.43. The third-order valence-electron chi connectivity index (χ3n) is 2.55. The Kier molecular flexibility index (Phi) is 3.51. The van der Waals surface area contributed by atoms with Crippen molar-refractivity contribution in [2.75, 3.05) is 11.1 Å². The number of nitrogens with one attached hydrogen (secondary N) is 1. The van der Waals surface area contributed by atoms with Crippen LogP contribution in [0.3, 0.4) is 0 Å². The second-order valence-corrected chi connectivity index (χ2v) is 3.97. The molecule has 0 aromatic heterocycles. The maximum absolute atomic E-state index is 13.4. The molecule has 2 rings (SSSR count). The molecule has 0 heterocycles. The van der Waals surface area contributed by atoms with E-state index in [0.29, 0.717) is 12.1 Å². The largest absolute Gasteiger partial charge is 0.506 e. The Morgan fingerprint density at radius 3 is 2.35 bits per heavy atom. The molecule has 4 N–H and O–H groups in total. The molecule has 0 bridgehead atoms. The van der Waals surface area contributed by atoms with Gasteiger partial charge in [-0.15, -0.1) is 0 Å². The zero-order valence-electron chi connectivity index (χ0n) is 9.95. The summed E-state index contributed by atoms with van der Waals surface area (Å²) in [5, 5.41) is 11.4. The van der Waals surface area contributed by atoms with Crippen molar-refractivity contribution >= 4 is 17.3 Å². The SMILES string of the molecule is Nc1ccc(C(=O)Nc2cc(F)c(F)cc2F)cc1O. The van der Waals surface area contributed by atoms with Crippen molar-refractivity contribution in [3.05, 3.63) is 53.3 Å². The standard InChI is InChI=1S/C13H9F3N2O2/c14-7-4-9(16)11(5-8(7)15)18-13(20)6-1-2-10(17)12(19)3-6/h1-5,19H,17H2,(H,18,20). The van der Waals surface area contributed by atoms with Gasteiger partial charge in [-0.3, -0.25) is 4.79 Å². The Bertz CT molecular complexity index is 690. The van der Waals surface area contributed by atoms with Crippen LogP contribution in [-0.4, -0.2) is 11.0 Å². The summed E-state index contributed by atoms with van der Waals surface area (Å²) in [4.78, 5) is 11.8. The van der Waals surface area contributed by atoms with Crippen molar-refractivity contribution in [3.63, 3.8) is 0 Å². The highest BCUT2D eigenvalue weighted by molar-refractivity contribution is 6.04. The Hall–Kier alpha value is -2.70. The lowest BCUT2D eigenvalue weighted by molar-refractivity contribution is 0.102. The highest BCUT2D eigenvalue weighted by Crippen LogP contribution is 2.23. The van der Waals surface area contributed by atoms with Crippen LogP contribution in [0, 0.1) is 17.5 Å². The lowest BCUT2D eigenvalue weighted by atomic mass is 10.1. The minimum absolute atomic E-state index is 0.0131. The minimum atomic E-state index is -1.36. The predicted molar refractivity (Wildman–Crippen MR) is 66.8 cm³/mol. The van der Waals surface area contributed by atoms with E-state index < -0.39 is 29.0 Å². The van der Waals surface area contributed by atoms with Gasteiger partial charge in [0.25, 0.3) is 5.91 Å². The van der Waals surface area contributed by atoms with Crippen LogP contribution < -0.4 is 11.1 Å². The molecule has 0 radical (unpaired) electrons. The van der Waals surface area contributed by atoms with E-state index in [9.17, 15) is 23.1 Å². The van der Waals surface area contributed by atoms with Crippen LogP contribution in [0.5, 0.6) is 5.75 Å². The van der Waals surface area contributed by atoms with E-state index >= 15 is 0 Å². The van der Waals surface area contributed by atoms with Gasteiger partial charge < -0.3 is 16.2 Å². The molecule has 0 spiro atoms. The number of carbonyl (C=O) groups is 1. The molecule has 0 unspecified atom stereocenters. The third-order valence-corrected chi connectivity index (χ3v) is 2.55. The molecule has 0 fully saturated rings. The Morgan fingerprint density at radius 2 is 1.70 bits per heavy atom. The molecule has 7 heteroatoms. The molecule has 1 amide bonds. The number of anilines is 2. The van der Waals surface area contributed by atoms with Crippen LogP contribution in [0.1, 0.15) is 10.4 Å². The zero-order valence-corrected chi connectivity index (χ0v) is 9.95. The van der Waals surface area contributed by atoms with Crippen molar-refractivity contribution < 1.29 is 23.1 Å². The first kappa shape index (κ1) is 13.7. The number of hydrogen-bond donors (Lipinski definition) is 3. The molecule has 0 atom stereocenters. The first-order valence-electron chi connectivity index (χ1n) is 5.43. The molecular weight excluding hydrogens is 273 g/mol. The average molecular weight is 282 g/mol. The smallest absolute Gasteiger partial charge is 0.255 e. The zero-order chi connectivity index (χ0) is 14.9. The van der Waals surface area contributed by atoms with E-state index in [0.717, 1.165) is 6.07 Å². The van der Waals surface area contributed by atoms with Gasteiger partial charge >= 0.3 is 0 Å². The fourth-order valence-corrected chi connectivity index (χ4v) is 1.50. The molecule has 0 aliphatic heterocycles. The Balaban J connectivity index is 2.27. The quantitative estimate of drug-likeness (QED) is 0.450. The fourth-order valence-electron chi connectivity index (χ4n) is 1.50. The van der Waals surface area contributed by atoms with Gasteiger partial charge in [0, 0.05) is 17.7 Å². The van der Waals surface area contributed by atoms with Crippen molar-refractivity contribution in [3.8, 4) is 5.75 Å². The summed E-state index contributed by atoms with van der Waals surface area (Å²) >= 11 is 0. The van der Waals surface area contributed by atoms with Gasteiger partial charge in [-0.2, -0.15) is 0 Å². The molecule has 4 nitrogen and oxygen atoms in total. The van der Waals surface area contributed by atoms with E-state index in [1.54, 1.807) is 0 Å². The number of nitrogen functional groups attached to an aromatic ring is 1. The van der Waals surface area contributed by atoms with E-state index in [1.165, 1.54) is 12.1 Å². The van der Waals surface area contributed by atoms with Gasteiger partial charge in [0.1, 0.15) is 11.6 Å².